The van der Waals surface area contributed by atoms with Crippen LogP contribution in [0.4, 0.5) is 8.78 Å². The molecule has 1 N–H and O–H groups in total. The summed E-state index contributed by atoms with van der Waals surface area (Å²) in [6.07, 6.45) is 1.63. The average Bonchev–Trinajstić information content (AvgIpc) is 1.78. The van der Waals surface area contributed by atoms with Crippen molar-refractivity contribution in [3.05, 3.63) is 24.1 Å². The molecule has 1 aliphatic carbocycles. The molecule has 1 aliphatic rings. The topological polar surface area (TPSA) is 20.2 Å². The lowest BCUT2D eigenvalue weighted by Gasteiger charge is -2.20. The van der Waals surface area contributed by atoms with Crippen molar-refractivity contribution in [1.82, 2.24) is 0 Å². The zero-order valence-corrected chi connectivity index (χ0v) is 7.05. The van der Waals surface area contributed by atoms with Crippen LogP contribution in [-0.2, 0) is 0 Å². The van der Waals surface area contributed by atoms with Crippen molar-refractivity contribution in [2.24, 2.45) is 0 Å². The minimum atomic E-state index is -1.99. The summed E-state index contributed by atoms with van der Waals surface area (Å²) in [6.45, 7) is 0. The predicted molar refractivity (Wildman–Crippen MR) is 42.2 cm³/mol. The van der Waals surface area contributed by atoms with E-state index in [4.69, 9.17) is 5.11 Å². The van der Waals surface area contributed by atoms with Crippen molar-refractivity contribution < 1.29 is 13.9 Å². The number of alkyl halides is 2. The molecule has 2 atom stereocenters. The molecule has 0 saturated carbocycles. The molecule has 0 amide bonds. The fourth-order valence-electron chi connectivity index (χ4n) is 0.629. The summed E-state index contributed by atoms with van der Waals surface area (Å²) in [7, 11) is 0. The standard InChI is InChI=1S/C6H5F2IO/c7-4-1-2-5(10)6(8,9)3-4/h1-3,5,10H. The van der Waals surface area contributed by atoms with E-state index in [0.717, 1.165) is 18.2 Å². The number of halogens is 3. The fourth-order valence-corrected chi connectivity index (χ4v) is 1.13. The summed E-state index contributed by atoms with van der Waals surface area (Å²) >= 11 is 1.35. The molecular weight excluding hydrogens is 253 g/mol. The molecule has 0 bridgehead atoms. The normalized spacial score (nSPS) is 39.6. The fraction of sp³-hybridized carbons (Fsp3) is 0.333. The van der Waals surface area contributed by atoms with E-state index >= 15 is 0 Å². The highest BCUT2D eigenvalue weighted by Crippen LogP contribution is 2.32. The van der Waals surface area contributed by atoms with Gasteiger partial charge in [0.2, 0.25) is 3.68 Å². The molecule has 0 saturated heterocycles. The van der Waals surface area contributed by atoms with E-state index in [1.807, 2.05) is 0 Å². The Balaban J connectivity index is 2.88. The average molecular weight is 258 g/mol. The summed E-state index contributed by atoms with van der Waals surface area (Å²) in [5.41, 5.74) is 0. The van der Waals surface area contributed by atoms with Crippen LogP contribution in [0.25, 0.3) is 0 Å². The molecule has 0 spiro atoms. The van der Waals surface area contributed by atoms with Gasteiger partial charge in [0, 0.05) is 6.08 Å². The van der Waals surface area contributed by atoms with E-state index in [-0.39, 0.29) is 0 Å². The molecule has 0 radical (unpaired) electrons. The van der Waals surface area contributed by atoms with Crippen LogP contribution < -0.4 is 0 Å². The first-order valence-corrected chi connectivity index (χ1v) is 3.73. The van der Waals surface area contributed by atoms with E-state index in [1.165, 1.54) is 22.6 Å². The van der Waals surface area contributed by atoms with Crippen molar-refractivity contribution in [1.29, 1.82) is 0 Å². The maximum absolute atomic E-state index is 12.9. The van der Waals surface area contributed by atoms with Crippen LogP contribution in [0.5, 0.6) is 0 Å². The lowest BCUT2D eigenvalue weighted by Crippen LogP contribution is -2.29. The lowest BCUT2D eigenvalue weighted by atomic mass is 10.1. The Hall–Kier alpha value is 0.0300. The van der Waals surface area contributed by atoms with Crippen LogP contribution in [0, 0.1) is 0 Å². The van der Waals surface area contributed by atoms with Crippen molar-refractivity contribution in [3.63, 3.8) is 0 Å². The first-order valence-electron chi connectivity index (χ1n) is 2.65. The maximum atomic E-state index is 12.9. The Morgan fingerprint density at radius 1 is 1.70 bits per heavy atom. The van der Waals surface area contributed by atoms with E-state index in [0.29, 0.717) is 0 Å². The van der Waals surface area contributed by atoms with E-state index in [1.54, 1.807) is 0 Å². The minimum absolute atomic E-state index is 0.651. The quantitative estimate of drug-likeness (QED) is 0.519. The van der Waals surface area contributed by atoms with Gasteiger partial charge in [0.15, 0.2) is 0 Å². The maximum Gasteiger partial charge on any atom is 0.211 e. The van der Waals surface area contributed by atoms with Gasteiger partial charge in [-0.15, -0.1) is 0 Å². The van der Waals surface area contributed by atoms with Crippen molar-refractivity contribution >= 4 is 22.6 Å². The second-order valence-electron chi connectivity index (χ2n) is 2.01. The molecule has 0 aromatic carbocycles. The number of hydrogen-bond donors (Lipinski definition) is 1. The predicted octanol–water partition coefficient (Wildman–Crippen LogP) is 1.87. The van der Waals surface area contributed by atoms with Gasteiger partial charge in [0.25, 0.3) is 0 Å². The third-order valence-corrected chi connectivity index (χ3v) is 2.11. The zero-order chi connectivity index (χ0) is 7.78. The van der Waals surface area contributed by atoms with Crippen LogP contribution in [0.2, 0.25) is 0 Å². The summed E-state index contributed by atoms with van der Waals surface area (Å²) in [4.78, 5) is 0. The summed E-state index contributed by atoms with van der Waals surface area (Å²) in [6, 6.07) is 0. The number of allylic oxidation sites excluding steroid dienone is 2. The minimum Gasteiger partial charge on any atom is -0.384 e. The monoisotopic (exact) mass is 258 g/mol. The van der Waals surface area contributed by atoms with Crippen LogP contribution in [-0.4, -0.2) is 14.9 Å². The number of hydrogen-bond acceptors (Lipinski definition) is 1. The molecule has 0 fully saturated rings. The van der Waals surface area contributed by atoms with E-state index in [2.05, 4.69) is 0 Å². The van der Waals surface area contributed by atoms with Crippen molar-refractivity contribution in [3.8, 4) is 0 Å². The smallest absolute Gasteiger partial charge is 0.211 e. The molecule has 1 nitrogen and oxygen atoms in total. The Kier molecular flexibility index (Phi) is 2.10. The Bertz CT molecular complexity index is 198. The van der Waals surface area contributed by atoms with Gasteiger partial charge in [-0.05, 0) is 34.7 Å². The van der Waals surface area contributed by atoms with Crippen molar-refractivity contribution in [2.45, 2.75) is 9.78 Å². The molecule has 56 valence electrons. The molecule has 10 heavy (non-hydrogen) atoms. The summed E-state index contributed by atoms with van der Waals surface area (Å²) < 4.78 is 23.2. The van der Waals surface area contributed by atoms with Gasteiger partial charge in [0.05, 0.1) is 0 Å². The summed E-state index contributed by atoms with van der Waals surface area (Å²) in [5, 5.41) is 8.87. The third kappa shape index (κ3) is 1.54. The van der Waals surface area contributed by atoms with Crippen LogP contribution in [0.1, 0.15) is 0 Å². The largest absolute Gasteiger partial charge is 0.384 e. The molecule has 0 aliphatic heterocycles. The molecule has 0 aromatic heterocycles. The van der Waals surface area contributed by atoms with Crippen LogP contribution in [0.3, 0.4) is 0 Å². The van der Waals surface area contributed by atoms with E-state index in [9.17, 15) is 8.78 Å². The number of aliphatic hydroxyl groups is 1. The highest BCUT2D eigenvalue weighted by molar-refractivity contribution is 14.1. The highest BCUT2D eigenvalue weighted by Gasteiger charge is 2.33. The molecule has 2 unspecified atom stereocenters. The van der Waals surface area contributed by atoms with Gasteiger partial charge in [-0.3, -0.25) is 0 Å². The highest BCUT2D eigenvalue weighted by atomic mass is 127. The van der Waals surface area contributed by atoms with Crippen LogP contribution >= 0.6 is 22.6 Å². The second-order valence-corrected chi connectivity index (χ2v) is 3.66. The van der Waals surface area contributed by atoms with Gasteiger partial charge in [-0.25, -0.2) is 8.78 Å². The first-order chi connectivity index (χ1) is 4.52. The van der Waals surface area contributed by atoms with Gasteiger partial charge in [-0.2, -0.15) is 0 Å². The van der Waals surface area contributed by atoms with Gasteiger partial charge >= 0.3 is 0 Å². The van der Waals surface area contributed by atoms with Crippen molar-refractivity contribution in [2.75, 3.05) is 0 Å². The third-order valence-electron chi connectivity index (χ3n) is 1.16. The molecule has 1 rings (SSSR count). The Labute approximate surface area is 70.6 Å². The molecule has 0 heterocycles. The summed E-state index contributed by atoms with van der Waals surface area (Å²) in [5.74, 6) is -0.651. The molecular formula is C6H5F2IO. The van der Waals surface area contributed by atoms with Gasteiger partial charge in [0.1, 0.15) is 11.9 Å². The first kappa shape index (κ1) is 8.13. The van der Waals surface area contributed by atoms with Gasteiger partial charge < -0.3 is 5.11 Å². The SMILES string of the molecule is OC1C=CC(F)=CC1(F)I. The Morgan fingerprint density at radius 3 is 2.70 bits per heavy atom. The molecule has 0 aromatic rings. The molecule has 4 heteroatoms. The van der Waals surface area contributed by atoms with Crippen LogP contribution in [0.15, 0.2) is 24.1 Å². The Morgan fingerprint density at radius 2 is 2.30 bits per heavy atom. The van der Waals surface area contributed by atoms with Gasteiger partial charge in [-0.1, -0.05) is 0 Å². The lowest BCUT2D eigenvalue weighted by molar-refractivity contribution is 0.129. The zero-order valence-electron chi connectivity index (χ0n) is 4.89. The van der Waals surface area contributed by atoms with E-state index < -0.39 is 15.6 Å². The number of rotatable bonds is 0. The number of aliphatic hydroxyl groups excluding tert-OH is 1. The second kappa shape index (κ2) is 2.58.